The first-order chi connectivity index (χ1) is 10.3. The highest BCUT2D eigenvalue weighted by atomic mass is 15.1. The standard InChI is InChI=1S/C19H32N2/c1-3-8-17-11-14-21(15-12-17)16-13-19(20-4-2)18-9-6-5-7-10-18/h5-7,9-10,17,19-20H,3-4,8,11-16H2,1-2H3. The zero-order chi connectivity index (χ0) is 14.9. The lowest BCUT2D eigenvalue weighted by molar-refractivity contribution is 0.171. The molecule has 0 aromatic heterocycles. The molecule has 21 heavy (non-hydrogen) atoms. The molecular formula is C19H32N2. The van der Waals surface area contributed by atoms with Crippen molar-refractivity contribution >= 4 is 0 Å². The molecule has 2 rings (SSSR count). The Bertz CT molecular complexity index is 368. The Morgan fingerprint density at radius 3 is 2.48 bits per heavy atom. The van der Waals surface area contributed by atoms with Crippen molar-refractivity contribution in [3.8, 4) is 0 Å². The van der Waals surface area contributed by atoms with Crippen LogP contribution in [0.3, 0.4) is 0 Å². The first-order valence-electron chi connectivity index (χ1n) is 8.84. The van der Waals surface area contributed by atoms with Gasteiger partial charge >= 0.3 is 0 Å². The van der Waals surface area contributed by atoms with Crippen LogP contribution in [0.25, 0.3) is 0 Å². The number of hydrogen-bond donors (Lipinski definition) is 1. The predicted octanol–water partition coefficient (Wildman–Crippen LogP) is 4.24. The van der Waals surface area contributed by atoms with Crippen LogP contribution < -0.4 is 5.32 Å². The summed E-state index contributed by atoms with van der Waals surface area (Å²) in [5, 5.41) is 3.64. The van der Waals surface area contributed by atoms with E-state index in [4.69, 9.17) is 0 Å². The Hall–Kier alpha value is -0.860. The highest BCUT2D eigenvalue weighted by Gasteiger charge is 2.19. The van der Waals surface area contributed by atoms with E-state index in [9.17, 15) is 0 Å². The smallest absolute Gasteiger partial charge is 0.0332 e. The molecule has 2 nitrogen and oxygen atoms in total. The lowest BCUT2D eigenvalue weighted by atomic mass is 9.92. The van der Waals surface area contributed by atoms with Crippen molar-refractivity contribution in [1.29, 1.82) is 0 Å². The summed E-state index contributed by atoms with van der Waals surface area (Å²) in [6.07, 6.45) is 6.81. The second-order valence-corrected chi connectivity index (χ2v) is 6.38. The quantitative estimate of drug-likeness (QED) is 0.769. The van der Waals surface area contributed by atoms with Crippen molar-refractivity contribution < 1.29 is 0 Å². The third-order valence-electron chi connectivity index (χ3n) is 4.79. The minimum absolute atomic E-state index is 0.504. The summed E-state index contributed by atoms with van der Waals surface area (Å²) in [6.45, 7) is 9.39. The molecule has 0 aliphatic carbocycles. The molecule has 1 saturated heterocycles. The van der Waals surface area contributed by atoms with Gasteiger partial charge in [0.25, 0.3) is 0 Å². The predicted molar refractivity (Wildman–Crippen MR) is 91.5 cm³/mol. The van der Waals surface area contributed by atoms with Gasteiger partial charge in [-0.1, -0.05) is 57.0 Å². The molecule has 0 amide bonds. The van der Waals surface area contributed by atoms with E-state index < -0.39 is 0 Å². The van der Waals surface area contributed by atoms with Crippen molar-refractivity contribution in [2.24, 2.45) is 5.92 Å². The van der Waals surface area contributed by atoms with E-state index in [-0.39, 0.29) is 0 Å². The molecular weight excluding hydrogens is 256 g/mol. The second kappa shape index (κ2) is 9.22. The lowest BCUT2D eigenvalue weighted by Crippen LogP contribution is -2.36. The van der Waals surface area contributed by atoms with Crippen LogP contribution >= 0.6 is 0 Å². The number of likely N-dealkylation sites (tertiary alicyclic amines) is 1. The van der Waals surface area contributed by atoms with Crippen LogP contribution in [-0.2, 0) is 0 Å². The highest BCUT2D eigenvalue weighted by molar-refractivity contribution is 5.18. The fourth-order valence-corrected chi connectivity index (χ4v) is 3.54. The van der Waals surface area contributed by atoms with Gasteiger partial charge in [0.2, 0.25) is 0 Å². The fraction of sp³-hybridized carbons (Fsp3) is 0.684. The molecule has 1 unspecified atom stereocenters. The molecule has 0 spiro atoms. The summed E-state index contributed by atoms with van der Waals surface area (Å²) in [5.74, 6) is 0.991. The summed E-state index contributed by atoms with van der Waals surface area (Å²) >= 11 is 0. The number of benzene rings is 1. The molecule has 0 radical (unpaired) electrons. The van der Waals surface area contributed by atoms with Gasteiger partial charge in [0.05, 0.1) is 0 Å². The zero-order valence-corrected chi connectivity index (χ0v) is 13.9. The van der Waals surface area contributed by atoms with E-state index in [1.165, 1.54) is 57.3 Å². The molecule has 0 saturated carbocycles. The van der Waals surface area contributed by atoms with Crippen molar-refractivity contribution in [2.75, 3.05) is 26.2 Å². The zero-order valence-electron chi connectivity index (χ0n) is 13.9. The van der Waals surface area contributed by atoms with Crippen LogP contribution in [-0.4, -0.2) is 31.1 Å². The van der Waals surface area contributed by atoms with Crippen LogP contribution in [0.1, 0.15) is 57.6 Å². The summed E-state index contributed by atoms with van der Waals surface area (Å²) in [7, 11) is 0. The summed E-state index contributed by atoms with van der Waals surface area (Å²) < 4.78 is 0. The molecule has 1 aromatic rings. The Kier molecular flexibility index (Phi) is 7.25. The average Bonchev–Trinajstić information content (AvgIpc) is 2.54. The molecule has 1 fully saturated rings. The Labute approximate surface area is 130 Å². The number of nitrogens with zero attached hydrogens (tertiary/aromatic N) is 1. The summed E-state index contributed by atoms with van der Waals surface area (Å²) in [6, 6.07) is 11.4. The molecule has 118 valence electrons. The van der Waals surface area contributed by atoms with Gasteiger partial charge in [-0.25, -0.2) is 0 Å². The minimum Gasteiger partial charge on any atom is -0.310 e. The van der Waals surface area contributed by atoms with Gasteiger partial charge in [0, 0.05) is 6.04 Å². The van der Waals surface area contributed by atoms with E-state index in [0.29, 0.717) is 6.04 Å². The van der Waals surface area contributed by atoms with Gasteiger partial charge < -0.3 is 10.2 Å². The van der Waals surface area contributed by atoms with E-state index in [1.807, 2.05) is 0 Å². The lowest BCUT2D eigenvalue weighted by Gasteiger charge is -2.33. The molecule has 0 bridgehead atoms. The third-order valence-corrected chi connectivity index (χ3v) is 4.79. The van der Waals surface area contributed by atoms with Crippen LogP contribution in [0.2, 0.25) is 0 Å². The molecule has 1 heterocycles. The summed E-state index contributed by atoms with van der Waals surface area (Å²) in [5.41, 5.74) is 1.43. The largest absolute Gasteiger partial charge is 0.310 e. The maximum absolute atomic E-state index is 3.64. The molecule has 2 heteroatoms. The van der Waals surface area contributed by atoms with E-state index in [2.05, 4.69) is 54.4 Å². The van der Waals surface area contributed by atoms with Gasteiger partial charge in [-0.3, -0.25) is 0 Å². The first kappa shape index (κ1) is 16.5. The van der Waals surface area contributed by atoms with Crippen LogP contribution in [0.5, 0.6) is 0 Å². The molecule has 1 N–H and O–H groups in total. The first-order valence-corrected chi connectivity index (χ1v) is 8.84. The monoisotopic (exact) mass is 288 g/mol. The molecule has 1 atom stereocenters. The Morgan fingerprint density at radius 1 is 1.14 bits per heavy atom. The molecule has 1 aliphatic rings. The maximum atomic E-state index is 3.64. The van der Waals surface area contributed by atoms with Gasteiger partial charge in [0.1, 0.15) is 0 Å². The molecule has 1 aliphatic heterocycles. The van der Waals surface area contributed by atoms with Crippen LogP contribution in [0.4, 0.5) is 0 Å². The number of piperidine rings is 1. The Morgan fingerprint density at radius 2 is 1.86 bits per heavy atom. The third kappa shape index (κ3) is 5.44. The van der Waals surface area contributed by atoms with E-state index in [1.54, 1.807) is 0 Å². The Balaban J connectivity index is 1.78. The van der Waals surface area contributed by atoms with Crippen molar-refractivity contribution in [2.45, 2.75) is 52.0 Å². The second-order valence-electron chi connectivity index (χ2n) is 6.38. The van der Waals surface area contributed by atoms with E-state index in [0.717, 1.165) is 12.5 Å². The number of nitrogens with one attached hydrogen (secondary N) is 1. The minimum atomic E-state index is 0.504. The van der Waals surface area contributed by atoms with Gasteiger partial charge in [0.15, 0.2) is 0 Å². The van der Waals surface area contributed by atoms with Gasteiger partial charge in [-0.05, 0) is 56.9 Å². The van der Waals surface area contributed by atoms with E-state index >= 15 is 0 Å². The van der Waals surface area contributed by atoms with Crippen LogP contribution in [0, 0.1) is 5.92 Å². The maximum Gasteiger partial charge on any atom is 0.0332 e. The van der Waals surface area contributed by atoms with Gasteiger partial charge in [-0.2, -0.15) is 0 Å². The highest BCUT2D eigenvalue weighted by Crippen LogP contribution is 2.23. The molecule has 1 aromatic carbocycles. The number of rotatable bonds is 8. The van der Waals surface area contributed by atoms with Gasteiger partial charge in [-0.15, -0.1) is 0 Å². The summed E-state index contributed by atoms with van der Waals surface area (Å²) in [4.78, 5) is 2.67. The van der Waals surface area contributed by atoms with Crippen molar-refractivity contribution in [3.63, 3.8) is 0 Å². The fourth-order valence-electron chi connectivity index (χ4n) is 3.54. The topological polar surface area (TPSA) is 15.3 Å². The number of hydrogen-bond acceptors (Lipinski definition) is 2. The SMILES string of the molecule is CCCC1CCN(CCC(NCC)c2ccccc2)CC1. The van der Waals surface area contributed by atoms with Crippen molar-refractivity contribution in [1.82, 2.24) is 10.2 Å². The average molecular weight is 288 g/mol. The van der Waals surface area contributed by atoms with Crippen LogP contribution in [0.15, 0.2) is 30.3 Å². The van der Waals surface area contributed by atoms with Crippen molar-refractivity contribution in [3.05, 3.63) is 35.9 Å². The normalized spacial score (nSPS) is 18.8.